The van der Waals surface area contributed by atoms with E-state index >= 15 is 0 Å². The van der Waals surface area contributed by atoms with Crippen LogP contribution in [0.15, 0.2) is 58.7 Å². The first-order valence-corrected chi connectivity index (χ1v) is 15.7. The number of benzene rings is 2. The molecule has 2 N–H and O–H groups in total. The van der Waals surface area contributed by atoms with E-state index in [2.05, 4.69) is 5.32 Å². The summed E-state index contributed by atoms with van der Waals surface area (Å²) in [4.78, 5) is 40.4. The Morgan fingerprint density at radius 3 is 2.67 bits per heavy atom. The molecular weight excluding hydrogens is 607 g/mol. The maximum Gasteiger partial charge on any atom is 0.326 e. The summed E-state index contributed by atoms with van der Waals surface area (Å²) in [5, 5.41) is 12.4. The normalized spacial score (nSPS) is 20.4. The molecule has 2 aliphatic heterocycles. The summed E-state index contributed by atoms with van der Waals surface area (Å²) in [5.74, 6) is -1.54. The van der Waals surface area contributed by atoms with Gasteiger partial charge in [-0.05, 0) is 60.4 Å². The first kappa shape index (κ1) is 30.1. The fourth-order valence-corrected chi connectivity index (χ4v) is 6.82. The van der Waals surface area contributed by atoms with Crippen molar-refractivity contribution in [1.29, 1.82) is 0 Å². The Hall–Kier alpha value is -3.38. The van der Waals surface area contributed by atoms with Gasteiger partial charge >= 0.3 is 5.97 Å². The topological polar surface area (TPSA) is 139 Å². The lowest BCUT2D eigenvalue weighted by Crippen LogP contribution is -2.43. The molecule has 2 heterocycles. The Kier molecular flexibility index (Phi) is 8.14. The summed E-state index contributed by atoms with van der Waals surface area (Å²) in [6.07, 6.45) is 5.14. The maximum atomic E-state index is 13.4. The van der Waals surface area contributed by atoms with Gasteiger partial charge in [0, 0.05) is 37.8 Å². The quantitative estimate of drug-likeness (QED) is 0.470. The second kappa shape index (κ2) is 11.4. The maximum absolute atomic E-state index is 13.4. The van der Waals surface area contributed by atoms with Crippen LogP contribution < -0.4 is 5.32 Å². The number of carboxylic acid groups (broad SMARTS) is 1. The third-order valence-corrected chi connectivity index (χ3v) is 9.47. The summed E-state index contributed by atoms with van der Waals surface area (Å²) in [6.45, 7) is 2.60. The molecule has 222 valence electrons. The highest BCUT2D eigenvalue weighted by Crippen LogP contribution is 2.39. The summed E-state index contributed by atoms with van der Waals surface area (Å²) in [6, 6.07) is 6.07. The van der Waals surface area contributed by atoms with Crippen molar-refractivity contribution in [2.45, 2.75) is 49.3 Å². The number of fused-ring (bicyclic) bond motifs is 2. The second-order valence-corrected chi connectivity index (χ2v) is 13.5. The summed E-state index contributed by atoms with van der Waals surface area (Å²) < 4.78 is 35.0. The zero-order valence-electron chi connectivity index (χ0n) is 22.8. The van der Waals surface area contributed by atoms with Gasteiger partial charge in [0.15, 0.2) is 16.6 Å². The first-order valence-electron chi connectivity index (χ1n) is 13.1. The number of carbonyl (C=O) groups is 3. The standard InChI is InChI=1S/C29H28Cl2N2O8S/c1-29-13-17(6-7-23(29)40-15-41-29)27(35)33-9-8-20-18(14-33)12-21(30)24(25(20)31)26(34)32-22(28(36)37)11-16-4-3-5-19(10-16)42(2,38)39/h3-7,10,12,22H,8-9,11,13-15H2,1-2H3,(H,32,34)(H,36,37)/t22-,29?/m0/s1. The zero-order chi connectivity index (χ0) is 30.4. The van der Waals surface area contributed by atoms with Crippen molar-refractivity contribution in [2.75, 3.05) is 19.6 Å². The number of carboxylic acids is 1. The SMILES string of the molecule is CC12CC(C(=O)N3CCc4c(cc(Cl)c(C(=O)N[C@@H](Cc5cccc(S(C)(=O)=O)c5)C(=O)O)c4Cl)C3)=CC=C1OCO2. The molecule has 2 aromatic carbocycles. The van der Waals surface area contributed by atoms with E-state index in [0.717, 1.165) is 6.26 Å². The van der Waals surface area contributed by atoms with E-state index < -0.39 is 33.4 Å². The van der Waals surface area contributed by atoms with E-state index in [0.29, 0.717) is 47.4 Å². The molecule has 1 aliphatic carbocycles. The molecule has 1 saturated heterocycles. The van der Waals surface area contributed by atoms with E-state index in [9.17, 15) is 27.9 Å². The molecule has 2 atom stereocenters. The summed E-state index contributed by atoms with van der Waals surface area (Å²) in [7, 11) is -3.50. The number of allylic oxidation sites excluding steroid dienone is 2. The Balaban J connectivity index is 1.32. The van der Waals surface area contributed by atoms with E-state index in [1.807, 2.05) is 6.92 Å². The number of aliphatic carboxylic acids is 1. The van der Waals surface area contributed by atoms with Crippen molar-refractivity contribution in [3.63, 3.8) is 0 Å². The Morgan fingerprint density at radius 2 is 1.95 bits per heavy atom. The van der Waals surface area contributed by atoms with Gasteiger partial charge in [-0.1, -0.05) is 35.3 Å². The average molecular weight is 636 g/mol. The molecule has 0 saturated carbocycles. The minimum Gasteiger partial charge on any atom is -0.480 e. The van der Waals surface area contributed by atoms with Crippen LogP contribution in [0.25, 0.3) is 0 Å². The third kappa shape index (κ3) is 5.92. The number of ether oxygens (including phenoxy) is 2. The van der Waals surface area contributed by atoms with Gasteiger partial charge in [-0.15, -0.1) is 0 Å². The average Bonchev–Trinajstić information content (AvgIpc) is 3.32. The van der Waals surface area contributed by atoms with Gasteiger partial charge in [-0.25, -0.2) is 13.2 Å². The summed E-state index contributed by atoms with van der Waals surface area (Å²) in [5.41, 5.74) is 1.61. The van der Waals surface area contributed by atoms with Crippen LogP contribution in [0.3, 0.4) is 0 Å². The number of nitrogens with one attached hydrogen (secondary N) is 1. The summed E-state index contributed by atoms with van der Waals surface area (Å²) >= 11 is 13.2. The number of halogens is 2. The van der Waals surface area contributed by atoms with Crippen molar-refractivity contribution >= 4 is 50.8 Å². The van der Waals surface area contributed by atoms with E-state index in [1.165, 1.54) is 18.2 Å². The van der Waals surface area contributed by atoms with Crippen LogP contribution in [0.1, 0.15) is 40.4 Å². The van der Waals surface area contributed by atoms with Crippen LogP contribution in [0, 0.1) is 0 Å². The predicted octanol–water partition coefficient (Wildman–Crippen LogP) is 3.68. The van der Waals surface area contributed by atoms with Crippen molar-refractivity contribution in [3.8, 4) is 0 Å². The molecule has 10 nitrogen and oxygen atoms in total. The second-order valence-electron chi connectivity index (χ2n) is 10.7. The molecule has 5 rings (SSSR count). The molecule has 0 radical (unpaired) electrons. The van der Waals surface area contributed by atoms with Crippen molar-refractivity contribution < 1.29 is 37.4 Å². The number of carbonyl (C=O) groups excluding carboxylic acids is 2. The van der Waals surface area contributed by atoms with Crippen LogP contribution in [0.5, 0.6) is 0 Å². The van der Waals surface area contributed by atoms with Crippen LogP contribution in [0.2, 0.25) is 10.0 Å². The number of nitrogens with zero attached hydrogens (tertiary/aromatic N) is 1. The van der Waals surface area contributed by atoms with Gasteiger partial charge in [0.2, 0.25) is 5.91 Å². The minimum atomic E-state index is -3.50. The zero-order valence-corrected chi connectivity index (χ0v) is 25.1. The van der Waals surface area contributed by atoms with E-state index in [-0.39, 0.29) is 46.2 Å². The Morgan fingerprint density at radius 1 is 1.19 bits per heavy atom. The molecule has 2 aromatic rings. The van der Waals surface area contributed by atoms with Gasteiger partial charge in [0.25, 0.3) is 5.91 Å². The van der Waals surface area contributed by atoms with Crippen LogP contribution in [-0.2, 0) is 48.3 Å². The van der Waals surface area contributed by atoms with Gasteiger partial charge < -0.3 is 24.8 Å². The highest BCUT2D eigenvalue weighted by molar-refractivity contribution is 7.90. The van der Waals surface area contributed by atoms with E-state index in [1.54, 1.807) is 29.2 Å². The highest BCUT2D eigenvalue weighted by atomic mass is 35.5. The number of sulfone groups is 1. The molecule has 3 aliphatic rings. The van der Waals surface area contributed by atoms with Gasteiger partial charge in [-0.3, -0.25) is 9.59 Å². The lowest BCUT2D eigenvalue weighted by atomic mass is 9.88. The van der Waals surface area contributed by atoms with Gasteiger partial charge in [-0.2, -0.15) is 0 Å². The number of hydrogen-bond donors (Lipinski definition) is 2. The largest absolute Gasteiger partial charge is 0.480 e. The van der Waals surface area contributed by atoms with Crippen molar-refractivity contribution in [3.05, 3.63) is 86.1 Å². The van der Waals surface area contributed by atoms with Gasteiger partial charge in [0.1, 0.15) is 17.4 Å². The van der Waals surface area contributed by atoms with Crippen molar-refractivity contribution in [1.82, 2.24) is 10.2 Å². The Bertz CT molecular complexity index is 1670. The number of hydrogen-bond acceptors (Lipinski definition) is 7. The first-order chi connectivity index (χ1) is 19.8. The lowest BCUT2D eigenvalue weighted by Gasteiger charge is -2.33. The fourth-order valence-electron chi connectivity index (χ4n) is 5.36. The third-order valence-electron chi connectivity index (χ3n) is 7.64. The molecule has 13 heteroatoms. The molecule has 2 amide bonds. The monoisotopic (exact) mass is 634 g/mol. The van der Waals surface area contributed by atoms with Gasteiger partial charge in [0.05, 0.1) is 20.5 Å². The molecule has 0 bridgehead atoms. The molecule has 0 aromatic heterocycles. The molecular formula is C29H28Cl2N2O8S. The van der Waals surface area contributed by atoms with Crippen molar-refractivity contribution in [2.24, 2.45) is 0 Å². The van der Waals surface area contributed by atoms with E-state index in [4.69, 9.17) is 32.7 Å². The number of rotatable bonds is 7. The molecule has 42 heavy (non-hydrogen) atoms. The predicted molar refractivity (Wildman–Crippen MR) is 154 cm³/mol. The molecule has 0 spiro atoms. The van der Waals surface area contributed by atoms with Crippen LogP contribution in [0.4, 0.5) is 0 Å². The smallest absolute Gasteiger partial charge is 0.326 e. The minimum absolute atomic E-state index is 0.0160. The van der Waals surface area contributed by atoms with Crippen LogP contribution >= 0.6 is 23.2 Å². The highest BCUT2D eigenvalue weighted by Gasteiger charge is 2.42. The Labute approximate surface area is 252 Å². The molecule has 1 fully saturated rings. The van der Waals surface area contributed by atoms with Crippen LogP contribution in [-0.4, -0.2) is 67.4 Å². The fraction of sp³-hybridized carbons (Fsp3) is 0.345. The number of amides is 2. The lowest BCUT2D eigenvalue weighted by molar-refractivity contribution is -0.139. The molecule has 1 unspecified atom stereocenters.